The van der Waals surface area contributed by atoms with E-state index in [0.29, 0.717) is 6.54 Å². The fourth-order valence-corrected chi connectivity index (χ4v) is 1.44. The molecule has 1 aromatic rings. The second-order valence-corrected chi connectivity index (χ2v) is 3.14. The van der Waals surface area contributed by atoms with Crippen LogP contribution in [0.2, 0.25) is 0 Å². The lowest BCUT2D eigenvalue weighted by atomic mass is 10.2. The largest absolute Gasteiger partial charge is 0.326 e. The van der Waals surface area contributed by atoms with Gasteiger partial charge in [-0.25, -0.2) is 0 Å². The van der Waals surface area contributed by atoms with Gasteiger partial charge in [0.15, 0.2) is 0 Å². The van der Waals surface area contributed by atoms with Gasteiger partial charge in [0.2, 0.25) is 0 Å². The standard InChI is InChI=1S/C10H16N2O/c1-3-6-12-8(2)9(7-11)4-5-10(12)13/h4-5H,3,6-7,11H2,1-2H3. The smallest absolute Gasteiger partial charge is 0.250 e. The molecule has 0 spiro atoms. The Morgan fingerprint density at radius 3 is 2.69 bits per heavy atom. The van der Waals surface area contributed by atoms with Crippen molar-refractivity contribution in [2.75, 3.05) is 0 Å². The molecule has 0 radical (unpaired) electrons. The van der Waals surface area contributed by atoms with Gasteiger partial charge in [0.05, 0.1) is 0 Å². The Morgan fingerprint density at radius 2 is 2.15 bits per heavy atom. The molecule has 0 aliphatic heterocycles. The number of hydrogen-bond acceptors (Lipinski definition) is 2. The van der Waals surface area contributed by atoms with Crippen LogP contribution in [0.4, 0.5) is 0 Å². The summed E-state index contributed by atoms with van der Waals surface area (Å²) in [5, 5.41) is 0. The maximum absolute atomic E-state index is 11.4. The SMILES string of the molecule is CCCn1c(C)c(CN)ccc1=O. The van der Waals surface area contributed by atoms with Crippen LogP contribution >= 0.6 is 0 Å². The maximum Gasteiger partial charge on any atom is 0.250 e. The summed E-state index contributed by atoms with van der Waals surface area (Å²) in [4.78, 5) is 11.4. The molecule has 0 saturated carbocycles. The third kappa shape index (κ3) is 1.98. The molecule has 0 bridgehead atoms. The third-order valence-corrected chi connectivity index (χ3v) is 2.23. The van der Waals surface area contributed by atoms with Crippen molar-refractivity contribution < 1.29 is 0 Å². The Kier molecular flexibility index (Phi) is 3.25. The summed E-state index contributed by atoms with van der Waals surface area (Å²) in [5.41, 5.74) is 7.66. The second-order valence-electron chi connectivity index (χ2n) is 3.14. The first kappa shape index (κ1) is 9.99. The van der Waals surface area contributed by atoms with Gasteiger partial charge in [-0.1, -0.05) is 13.0 Å². The van der Waals surface area contributed by atoms with Gasteiger partial charge in [-0.2, -0.15) is 0 Å². The zero-order chi connectivity index (χ0) is 9.84. The predicted molar refractivity (Wildman–Crippen MR) is 53.6 cm³/mol. The molecule has 0 aliphatic rings. The lowest BCUT2D eigenvalue weighted by Crippen LogP contribution is -2.23. The molecule has 1 aromatic heterocycles. The molecule has 0 aromatic carbocycles. The zero-order valence-corrected chi connectivity index (χ0v) is 8.21. The van der Waals surface area contributed by atoms with Crippen LogP contribution in [0.1, 0.15) is 24.6 Å². The topological polar surface area (TPSA) is 48.0 Å². The zero-order valence-electron chi connectivity index (χ0n) is 8.21. The quantitative estimate of drug-likeness (QED) is 0.755. The Balaban J connectivity index is 3.21. The molecule has 0 amide bonds. The molecule has 1 rings (SSSR count). The highest BCUT2D eigenvalue weighted by molar-refractivity contribution is 5.19. The van der Waals surface area contributed by atoms with E-state index in [1.807, 2.05) is 13.0 Å². The second kappa shape index (κ2) is 4.23. The number of hydrogen-bond donors (Lipinski definition) is 1. The van der Waals surface area contributed by atoms with E-state index in [1.54, 1.807) is 10.6 Å². The van der Waals surface area contributed by atoms with Gasteiger partial charge in [-0.3, -0.25) is 4.79 Å². The Bertz CT molecular complexity index is 341. The molecule has 0 fully saturated rings. The fourth-order valence-electron chi connectivity index (χ4n) is 1.44. The van der Waals surface area contributed by atoms with Gasteiger partial charge in [0.1, 0.15) is 0 Å². The molecular formula is C10H16N2O. The Labute approximate surface area is 78.2 Å². The van der Waals surface area contributed by atoms with Crippen molar-refractivity contribution in [1.82, 2.24) is 4.57 Å². The minimum Gasteiger partial charge on any atom is -0.326 e. The fraction of sp³-hybridized carbons (Fsp3) is 0.500. The average molecular weight is 180 g/mol. The Hall–Kier alpha value is -1.09. The molecule has 1 heterocycles. The highest BCUT2D eigenvalue weighted by atomic mass is 16.1. The predicted octanol–water partition coefficient (Wildman–Crippen LogP) is 1.03. The van der Waals surface area contributed by atoms with Gasteiger partial charge >= 0.3 is 0 Å². The van der Waals surface area contributed by atoms with E-state index in [0.717, 1.165) is 24.2 Å². The molecule has 0 unspecified atom stereocenters. The lowest BCUT2D eigenvalue weighted by Gasteiger charge is -2.11. The van der Waals surface area contributed by atoms with Crippen molar-refractivity contribution >= 4 is 0 Å². The van der Waals surface area contributed by atoms with E-state index in [2.05, 4.69) is 6.92 Å². The first-order chi connectivity index (χ1) is 6.20. The highest BCUT2D eigenvalue weighted by Gasteiger charge is 2.02. The lowest BCUT2D eigenvalue weighted by molar-refractivity contribution is 0.628. The van der Waals surface area contributed by atoms with E-state index < -0.39 is 0 Å². The van der Waals surface area contributed by atoms with Crippen LogP contribution in [0, 0.1) is 6.92 Å². The third-order valence-electron chi connectivity index (χ3n) is 2.23. The van der Waals surface area contributed by atoms with Crippen molar-refractivity contribution in [3.63, 3.8) is 0 Å². The summed E-state index contributed by atoms with van der Waals surface area (Å²) < 4.78 is 1.78. The molecule has 0 aliphatic carbocycles. The minimum absolute atomic E-state index is 0.0663. The Morgan fingerprint density at radius 1 is 1.46 bits per heavy atom. The van der Waals surface area contributed by atoms with Crippen molar-refractivity contribution in [2.24, 2.45) is 5.73 Å². The van der Waals surface area contributed by atoms with Crippen LogP contribution in [0.15, 0.2) is 16.9 Å². The number of nitrogens with two attached hydrogens (primary N) is 1. The number of nitrogens with zero attached hydrogens (tertiary/aromatic N) is 1. The van der Waals surface area contributed by atoms with Gasteiger partial charge < -0.3 is 10.3 Å². The summed E-state index contributed by atoms with van der Waals surface area (Å²) in [5.74, 6) is 0. The van der Waals surface area contributed by atoms with E-state index in [1.165, 1.54) is 0 Å². The minimum atomic E-state index is 0.0663. The molecule has 72 valence electrons. The number of pyridine rings is 1. The first-order valence-corrected chi connectivity index (χ1v) is 4.60. The maximum atomic E-state index is 11.4. The molecule has 0 saturated heterocycles. The van der Waals surface area contributed by atoms with Gasteiger partial charge in [-0.05, 0) is 18.9 Å². The van der Waals surface area contributed by atoms with E-state index in [4.69, 9.17) is 5.73 Å². The van der Waals surface area contributed by atoms with Gasteiger partial charge in [0, 0.05) is 24.8 Å². The summed E-state index contributed by atoms with van der Waals surface area (Å²) in [6.07, 6.45) is 0.967. The molecule has 0 atom stereocenters. The van der Waals surface area contributed by atoms with Gasteiger partial charge in [0.25, 0.3) is 5.56 Å². The molecule has 2 N–H and O–H groups in total. The summed E-state index contributed by atoms with van der Waals surface area (Å²) in [7, 11) is 0. The molecule has 3 nitrogen and oxygen atoms in total. The van der Waals surface area contributed by atoms with Crippen molar-refractivity contribution in [1.29, 1.82) is 0 Å². The van der Waals surface area contributed by atoms with Crippen LogP contribution in [0.3, 0.4) is 0 Å². The number of rotatable bonds is 3. The van der Waals surface area contributed by atoms with Crippen molar-refractivity contribution in [2.45, 2.75) is 33.4 Å². The highest BCUT2D eigenvalue weighted by Crippen LogP contribution is 2.04. The molecule has 13 heavy (non-hydrogen) atoms. The number of aromatic nitrogens is 1. The van der Waals surface area contributed by atoms with Crippen LogP contribution in [-0.4, -0.2) is 4.57 Å². The van der Waals surface area contributed by atoms with E-state index >= 15 is 0 Å². The normalized spacial score (nSPS) is 10.4. The van der Waals surface area contributed by atoms with E-state index in [-0.39, 0.29) is 5.56 Å². The summed E-state index contributed by atoms with van der Waals surface area (Å²) >= 11 is 0. The summed E-state index contributed by atoms with van der Waals surface area (Å²) in [6, 6.07) is 3.40. The van der Waals surface area contributed by atoms with Crippen molar-refractivity contribution in [3.8, 4) is 0 Å². The van der Waals surface area contributed by atoms with Crippen LogP contribution < -0.4 is 11.3 Å². The molecule has 3 heteroatoms. The summed E-state index contributed by atoms with van der Waals surface area (Å²) in [6.45, 7) is 5.27. The van der Waals surface area contributed by atoms with Crippen molar-refractivity contribution in [3.05, 3.63) is 33.7 Å². The first-order valence-electron chi connectivity index (χ1n) is 4.60. The van der Waals surface area contributed by atoms with E-state index in [9.17, 15) is 4.79 Å². The average Bonchev–Trinajstić information content (AvgIpc) is 2.12. The van der Waals surface area contributed by atoms with Gasteiger partial charge in [-0.15, -0.1) is 0 Å². The van der Waals surface area contributed by atoms with Crippen LogP contribution in [-0.2, 0) is 13.1 Å². The molecular weight excluding hydrogens is 164 g/mol. The van der Waals surface area contributed by atoms with Crippen LogP contribution in [0.5, 0.6) is 0 Å². The van der Waals surface area contributed by atoms with Crippen LogP contribution in [0.25, 0.3) is 0 Å². The monoisotopic (exact) mass is 180 g/mol.